The van der Waals surface area contributed by atoms with Crippen molar-refractivity contribution in [3.63, 3.8) is 0 Å². The molecule has 2 unspecified atom stereocenters. The number of hydrogen-bond donors (Lipinski definition) is 1. The molecule has 0 aromatic carbocycles. The molecule has 0 saturated carbocycles. The molecule has 1 N–H and O–H groups in total. The molecule has 1 aromatic rings. The van der Waals surface area contributed by atoms with Gasteiger partial charge >= 0.3 is 0 Å². The zero-order chi connectivity index (χ0) is 17.0. The number of pyridine rings is 1. The number of thioether (sulfide) groups is 1. The molecule has 2 saturated heterocycles. The standard InChI is InChI=1S/C18H26N2O3S/c1-14-12-20(17(21)13-24-16-2-7-19-8-3-16)9-6-18(14,22)15-4-10-23-11-5-15/h2-3,7-8,14-15,22H,4-6,9-13H2,1H3. The van der Waals surface area contributed by atoms with Crippen LogP contribution in [0.4, 0.5) is 0 Å². The first-order valence-electron chi connectivity index (χ1n) is 8.70. The molecule has 24 heavy (non-hydrogen) atoms. The number of hydrogen-bond acceptors (Lipinski definition) is 5. The minimum absolute atomic E-state index is 0.101. The van der Waals surface area contributed by atoms with E-state index in [9.17, 15) is 9.90 Å². The lowest BCUT2D eigenvalue weighted by Gasteiger charge is -2.48. The molecular formula is C18H26N2O3S. The molecule has 0 radical (unpaired) electrons. The number of carbonyl (C=O) groups is 1. The van der Waals surface area contributed by atoms with Gasteiger partial charge in [-0.2, -0.15) is 0 Å². The maximum absolute atomic E-state index is 12.5. The number of piperidine rings is 1. The van der Waals surface area contributed by atoms with Crippen LogP contribution in [0.1, 0.15) is 26.2 Å². The summed E-state index contributed by atoms with van der Waals surface area (Å²) < 4.78 is 5.42. The average Bonchev–Trinajstić information content (AvgIpc) is 2.63. The van der Waals surface area contributed by atoms with Gasteiger partial charge in [-0.05, 0) is 37.3 Å². The number of likely N-dealkylation sites (tertiary alicyclic amines) is 1. The highest BCUT2D eigenvalue weighted by atomic mass is 32.2. The van der Waals surface area contributed by atoms with E-state index in [0.717, 1.165) is 31.0 Å². The van der Waals surface area contributed by atoms with Crippen LogP contribution in [-0.4, -0.2) is 58.6 Å². The zero-order valence-corrected chi connectivity index (χ0v) is 15.0. The third-order valence-electron chi connectivity index (χ3n) is 5.42. The maximum Gasteiger partial charge on any atom is 0.232 e. The lowest BCUT2D eigenvalue weighted by atomic mass is 9.70. The fraction of sp³-hybridized carbons (Fsp3) is 0.667. The van der Waals surface area contributed by atoms with Crippen LogP contribution in [0.2, 0.25) is 0 Å². The van der Waals surface area contributed by atoms with E-state index in [-0.39, 0.29) is 11.8 Å². The first-order chi connectivity index (χ1) is 11.6. The van der Waals surface area contributed by atoms with Gasteiger partial charge in [-0.15, -0.1) is 11.8 Å². The summed E-state index contributed by atoms with van der Waals surface area (Å²) in [5, 5.41) is 11.2. The minimum Gasteiger partial charge on any atom is -0.389 e. The summed E-state index contributed by atoms with van der Waals surface area (Å²) >= 11 is 1.54. The van der Waals surface area contributed by atoms with E-state index < -0.39 is 5.60 Å². The van der Waals surface area contributed by atoms with Gasteiger partial charge in [0.2, 0.25) is 5.91 Å². The summed E-state index contributed by atoms with van der Waals surface area (Å²) in [6.45, 7) is 4.85. The molecule has 1 aromatic heterocycles. The molecule has 5 nitrogen and oxygen atoms in total. The second-order valence-corrected chi connectivity index (χ2v) is 7.89. The normalized spacial score (nSPS) is 28.8. The second-order valence-electron chi connectivity index (χ2n) is 6.84. The highest BCUT2D eigenvalue weighted by Gasteiger charge is 2.45. The molecule has 3 rings (SSSR count). The lowest BCUT2D eigenvalue weighted by Crippen LogP contribution is -2.57. The van der Waals surface area contributed by atoms with Gasteiger partial charge < -0.3 is 14.7 Å². The van der Waals surface area contributed by atoms with Crippen LogP contribution < -0.4 is 0 Å². The quantitative estimate of drug-likeness (QED) is 0.844. The third-order valence-corrected chi connectivity index (χ3v) is 6.42. The van der Waals surface area contributed by atoms with Crippen molar-refractivity contribution in [3.8, 4) is 0 Å². The van der Waals surface area contributed by atoms with Gasteiger partial charge in [0, 0.05) is 49.5 Å². The number of carbonyl (C=O) groups excluding carboxylic acids is 1. The van der Waals surface area contributed by atoms with Crippen molar-refractivity contribution in [3.05, 3.63) is 24.5 Å². The number of rotatable bonds is 4. The monoisotopic (exact) mass is 350 g/mol. The lowest BCUT2D eigenvalue weighted by molar-refractivity contribution is -0.149. The van der Waals surface area contributed by atoms with E-state index in [1.807, 2.05) is 17.0 Å². The van der Waals surface area contributed by atoms with Crippen LogP contribution in [-0.2, 0) is 9.53 Å². The molecule has 132 valence electrons. The highest BCUT2D eigenvalue weighted by molar-refractivity contribution is 8.00. The predicted molar refractivity (Wildman–Crippen MR) is 93.8 cm³/mol. The number of ether oxygens (including phenoxy) is 1. The number of nitrogens with zero attached hydrogens (tertiary/aromatic N) is 2. The Hall–Kier alpha value is -1.11. The molecule has 0 aliphatic carbocycles. The van der Waals surface area contributed by atoms with Crippen molar-refractivity contribution < 1.29 is 14.6 Å². The van der Waals surface area contributed by atoms with Gasteiger partial charge in [0.1, 0.15) is 0 Å². The Bertz CT molecular complexity index is 550. The first-order valence-corrected chi connectivity index (χ1v) is 9.69. The molecule has 2 atom stereocenters. The van der Waals surface area contributed by atoms with Crippen molar-refractivity contribution in [1.29, 1.82) is 0 Å². The average molecular weight is 350 g/mol. The third kappa shape index (κ3) is 3.92. The molecule has 0 bridgehead atoms. The topological polar surface area (TPSA) is 62.7 Å². The van der Waals surface area contributed by atoms with Crippen LogP contribution in [0.25, 0.3) is 0 Å². The van der Waals surface area contributed by atoms with Crippen LogP contribution in [0.15, 0.2) is 29.4 Å². The number of aromatic nitrogens is 1. The summed E-state index contributed by atoms with van der Waals surface area (Å²) in [4.78, 5) is 19.4. The highest BCUT2D eigenvalue weighted by Crippen LogP contribution is 2.39. The van der Waals surface area contributed by atoms with Crippen LogP contribution in [0, 0.1) is 11.8 Å². The van der Waals surface area contributed by atoms with Crippen LogP contribution in [0.5, 0.6) is 0 Å². The van der Waals surface area contributed by atoms with Crippen LogP contribution in [0.3, 0.4) is 0 Å². The second kappa shape index (κ2) is 7.85. The Morgan fingerprint density at radius 2 is 2.12 bits per heavy atom. The van der Waals surface area contributed by atoms with E-state index in [1.54, 1.807) is 24.2 Å². The van der Waals surface area contributed by atoms with E-state index in [2.05, 4.69) is 11.9 Å². The van der Waals surface area contributed by atoms with E-state index in [0.29, 0.717) is 31.2 Å². The number of amides is 1. The molecule has 3 heterocycles. The van der Waals surface area contributed by atoms with Crippen molar-refractivity contribution in [2.75, 3.05) is 32.1 Å². The fourth-order valence-electron chi connectivity index (χ4n) is 3.84. The van der Waals surface area contributed by atoms with Crippen molar-refractivity contribution >= 4 is 17.7 Å². The van der Waals surface area contributed by atoms with Gasteiger partial charge in [-0.3, -0.25) is 9.78 Å². The van der Waals surface area contributed by atoms with Crippen molar-refractivity contribution in [2.45, 2.75) is 36.7 Å². The maximum atomic E-state index is 12.5. The van der Waals surface area contributed by atoms with Crippen molar-refractivity contribution in [2.24, 2.45) is 11.8 Å². The molecule has 2 aliphatic rings. The predicted octanol–water partition coefficient (Wildman–Crippen LogP) is 2.20. The molecule has 6 heteroatoms. The number of aliphatic hydroxyl groups is 1. The van der Waals surface area contributed by atoms with Gasteiger partial charge in [0.25, 0.3) is 0 Å². The van der Waals surface area contributed by atoms with Crippen LogP contribution >= 0.6 is 11.8 Å². The van der Waals surface area contributed by atoms with Gasteiger partial charge in [-0.25, -0.2) is 0 Å². The Morgan fingerprint density at radius 1 is 1.42 bits per heavy atom. The Labute approximate surface area is 147 Å². The van der Waals surface area contributed by atoms with Gasteiger partial charge in [0.05, 0.1) is 11.4 Å². The summed E-state index contributed by atoms with van der Waals surface area (Å²) in [5.74, 6) is 0.985. The Morgan fingerprint density at radius 3 is 2.79 bits per heavy atom. The summed E-state index contributed by atoms with van der Waals surface area (Å²) in [6, 6.07) is 3.83. The molecule has 2 fully saturated rings. The van der Waals surface area contributed by atoms with E-state index in [4.69, 9.17) is 4.74 Å². The summed E-state index contributed by atoms with van der Waals surface area (Å²) in [6.07, 6.45) is 6.00. The van der Waals surface area contributed by atoms with E-state index in [1.165, 1.54) is 0 Å². The molecule has 1 amide bonds. The molecule has 0 spiro atoms. The summed E-state index contributed by atoms with van der Waals surface area (Å²) in [7, 11) is 0. The van der Waals surface area contributed by atoms with Gasteiger partial charge in [0.15, 0.2) is 0 Å². The zero-order valence-electron chi connectivity index (χ0n) is 14.2. The summed E-state index contributed by atoms with van der Waals surface area (Å²) in [5.41, 5.74) is -0.654. The Balaban J connectivity index is 1.53. The fourth-order valence-corrected chi connectivity index (χ4v) is 4.63. The molecule has 2 aliphatic heterocycles. The smallest absolute Gasteiger partial charge is 0.232 e. The largest absolute Gasteiger partial charge is 0.389 e. The minimum atomic E-state index is -0.654. The van der Waals surface area contributed by atoms with Crippen molar-refractivity contribution in [1.82, 2.24) is 9.88 Å². The first kappa shape index (κ1) is 17.7. The Kier molecular flexibility index (Phi) is 5.79. The molecular weight excluding hydrogens is 324 g/mol. The van der Waals surface area contributed by atoms with Gasteiger partial charge in [-0.1, -0.05) is 6.92 Å². The van der Waals surface area contributed by atoms with E-state index >= 15 is 0 Å². The SMILES string of the molecule is CC1CN(C(=O)CSc2ccncc2)CCC1(O)C1CCOCC1.